The number of hydrogen-bond donors (Lipinski definition) is 2. The lowest BCUT2D eigenvalue weighted by atomic mass is 10.1. The summed E-state index contributed by atoms with van der Waals surface area (Å²) in [6, 6.07) is 23.8. The first-order chi connectivity index (χ1) is 15.4. The van der Waals surface area contributed by atoms with Gasteiger partial charge >= 0.3 is 0 Å². The summed E-state index contributed by atoms with van der Waals surface area (Å²) in [5, 5.41) is 5.36. The third kappa shape index (κ3) is 6.96. The van der Waals surface area contributed by atoms with Crippen molar-refractivity contribution in [1.29, 1.82) is 0 Å². The molecular formula is C26H24N2O3S. The summed E-state index contributed by atoms with van der Waals surface area (Å²) in [5.74, 6) is -0.356. The van der Waals surface area contributed by atoms with Crippen LogP contribution in [0.2, 0.25) is 0 Å². The third-order valence-corrected chi connectivity index (χ3v) is 5.70. The average Bonchev–Trinajstić information content (AvgIpc) is 2.80. The van der Waals surface area contributed by atoms with Crippen LogP contribution in [-0.4, -0.2) is 22.8 Å². The minimum atomic E-state index is -0.322. The van der Waals surface area contributed by atoms with Crippen molar-refractivity contribution in [2.24, 2.45) is 0 Å². The van der Waals surface area contributed by atoms with Crippen molar-refractivity contribution in [2.75, 3.05) is 10.6 Å². The van der Waals surface area contributed by atoms with E-state index in [2.05, 4.69) is 10.6 Å². The van der Waals surface area contributed by atoms with Gasteiger partial charge in [0, 0.05) is 27.9 Å². The molecule has 3 rings (SSSR count). The maximum Gasteiger partial charge on any atom is 0.248 e. The zero-order valence-electron chi connectivity index (χ0n) is 17.9. The van der Waals surface area contributed by atoms with Gasteiger partial charge in [-0.25, -0.2) is 0 Å². The zero-order chi connectivity index (χ0) is 22.9. The molecule has 0 spiro atoms. The number of benzene rings is 3. The monoisotopic (exact) mass is 444 g/mol. The van der Waals surface area contributed by atoms with Crippen LogP contribution in [0.3, 0.4) is 0 Å². The van der Waals surface area contributed by atoms with Gasteiger partial charge in [-0.3, -0.25) is 14.4 Å². The predicted molar refractivity (Wildman–Crippen MR) is 131 cm³/mol. The molecule has 2 N–H and O–H groups in total. The highest BCUT2D eigenvalue weighted by Gasteiger charge is 2.15. The van der Waals surface area contributed by atoms with E-state index in [9.17, 15) is 14.4 Å². The van der Waals surface area contributed by atoms with Gasteiger partial charge in [-0.15, -0.1) is 11.8 Å². The summed E-state index contributed by atoms with van der Waals surface area (Å²) in [4.78, 5) is 36.8. The molecule has 1 unspecified atom stereocenters. The Hall–Kier alpha value is -3.64. The van der Waals surface area contributed by atoms with Gasteiger partial charge in [0.25, 0.3) is 0 Å². The number of thioether (sulfide) groups is 1. The lowest BCUT2D eigenvalue weighted by Crippen LogP contribution is -2.22. The predicted octanol–water partition coefficient (Wildman–Crippen LogP) is 5.66. The molecule has 0 aliphatic carbocycles. The van der Waals surface area contributed by atoms with E-state index in [-0.39, 0.29) is 22.8 Å². The number of nitrogens with one attached hydrogen (secondary N) is 2. The number of rotatable bonds is 8. The number of Topliss-reactive ketones (excluding diaryl/α,β-unsaturated/α-hetero) is 1. The fraction of sp³-hybridized carbons (Fsp3) is 0.115. The number of carbonyl (C=O) groups is 3. The van der Waals surface area contributed by atoms with Gasteiger partial charge in [0.2, 0.25) is 11.8 Å². The molecular weight excluding hydrogens is 420 g/mol. The lowest BCUT2D eigenvalue weighted by Gasteiger charge is -2.13. The van der Waals surface area contributed by atoms with E-state index in [4.69, 9.17) is 0 Å². The van der Waals surface area contributed by atoms with E-state index in [0.29, 0.717) is 16.9 Å². The smallest absolute Gasteiger partial charge is 0.248 e. The molecule has 3 aromatic carbocycles. The molecule has 0 bridgehead atoms. The molecule has 0 saturated heterocycles. The normalized spacial score (nSPS) is 11.7. The quantitative estimate of drug-likeness (QED) is 0.267. The minimum Gasteiger partial charge on any atom is -0.325 e. The summed E-state index contributed by atoms with van der Waals surface area (Å²) in [5.41, 5.74) is 2.89. The van der Waals surface area contributed by atoms with Crippen LogP contribution in [0.5, 0.6) is 0 Å². The fourth-order valence-corrected chi connectivity index (χ4v) is 3.69. The second-order valence-electron chi connectivity index (χ2n) is 7.14. The maximum atomic E-state index is 12.5. The first-order valence-corrected chi connectivity index (χ1v) is 11.0. The molecule has 2 amide bonds. The van der Waals surface area contributed by atoms with Crippen molar-refractivity contribution in [3.05, 3.63) is 96.1 Å². The average molecular weight is 445 g/mol. The Kier molecular flexibility index (Phi) is 8.00. The van der Waals surface area contributed by atoms with Gasteiger partial charge < -0.3 is 10.6 Å². The van der Waals surface area contributed by atoms with E-state index < -0.39 is 0 Å². The molecule has 0 aliphatic heterocycles. The molecule has 0 saturated carbocycles. The van der Waals surface area contributed by atoms with Gasteiger partial charge in [0.05, 0.1) is 5.25 Å². The molecule has 0 aliphatic rings. The van der Waals surface area contributed by atoms with Crippen LogP contribution in [0.1, 0.15) is 29.8 Å². The van der Waals surface area contributed by atoms with Gasteiger partial charge in [-0.1, -0.05) is 30.3 Å². The molecule has 0 heterocycles. The van der Waals surface area contributed by atoms with E-state index in [1.165, 1.54) is 24.8 Å². The van der Waals surface area contributed by atoms with Gasteiger partial charge in [0.15, 0.2) is 5.78 Å². The van der Waals surface area contributed by atoms with Crippen molar-refractivity contribution in [1.82, 2.24) is 0 Å². The van der Waals surface area contributed by atoms with Crippen LogP contribution >= 0.6 is 11.8 Å². The van der Waals surface area contributed by atoms with Crippen LogP contribution in [0.15, 0.2) is 89.8 Å². The van der Waals surface area contributed by atoms with E-state index in [0.717, 1.165) is 10.5 Å². The van der Waals surface area contributed by atoms with Gasteiger partial charge in [-0.2, -0.15) is 0 Å². The molecule has 5 nitrogen and oxygen atoms in total. The first-order valence-electron chi connectivity index (χ1n) is 10.1. The van der Waals surface area contributed by atoms with Crippen LogP contribution in [-0.2, 0) is 9.59 Å². The summed E-state index contributed by atoms with van der Waals surface area (Å²) in [6.07, 6.45) is 3.25. The summed E-state index contributed by atoms with van der Waals surface area (Å²) in [6.45, 7) is 3.33. The standard InChI is InChI=1S/C26H24N2O3S/c1-18(29)21-9-11-23(12-10-21)28-26(31)19(2)32-24-15-13-22(14-16-24)27-25(30)17-8-20-6-4-3-5-7-20/h3-17,19H,1-2H3,(H,27,30)(H,28,31)/b17-8+. The fourth-order valence-electron chi connectivity index (χ4n) is 2.83. The Morgan fingerprint density at radius 2 is 1.41 bits per heavy atom. The molecule has 162 valence electrons. The lowest BCUT2D eigenvalue weighted by molar-refractivity contribution is -0.115. The van der Waals surface area contributed by atoms with Gasteiger partial charge in [0.1, 0.15) is 0 Å². The van der Waals surface area contributed by atoms with Crippen LogP contribution in [0.25, 0.3) is 6.08 Å². The molecule has 1 atom stereocenters. The highest BCUT2D eigenvalue weighted by Crippen LogP contribution is 2.26. The van der Waals surface area contributed by atoms with E-state index in [1.807, 2.05) is 61.5 Å². The molecule has 3 aromatic rings. The molecule has 0 aromatic heterocycles. The first kappa shape index (κ1) is 23.0. The Morgan fingerprint density at radius 3 is 2.03 bits per heavy atom. The van der Waals surface area contributed by atoms with E-state index in [1.54, 1.807) is 30.3 Å². The van der Waals surface area contributed by atoms with Crippen LogP contribution < -0.4 is 10.6 Å². The topological polar surface area (TPSA) is 75.3 Å². The van der Waals surface area contributed by atoms with Crippen molar-refractivity contribution in [3.63, 3.8) is 0 Å². The number of anilines is 2. The number of carbonyl (C=O) groups excluding carboxylic acids is 3. The second-order valence-corrected chi connectivity index (χ2v) is 8.55. The molecule has 6 heteroatoms. The zero-order valence-corrected chi connectivity index (χ0v) is 18.7. The van der Waals surface area contributed by atoms with E-state index >= 15 is 0 Å². The van der Waals surface area contributed by atoms with Crippen molar-refractivity contribution >= 4 is 46.8 Å². The van der Waals surface area contributed by atoms with Crippen molar-refractivity contribution in [2.45, 2.75) is 24.0 Å². The highest BCUT2D eigenvalue weighted by molar-refractivity contribution is 8.00. The van der Waals surface area contributed by atoms with Crippen molar-refractivity contribution < 1.29 is 14.4 Å². The Balaban J connectivity index is 1.50. The molecule has 0 radical (unpaired) electrons. The Morgan fingerprint density at radius 1 is 0.812 bits per heavy atom. The highest BCUT2D eigenvalue weighted by atomic mass is 32.2. The second kappa shape index (κ2) is 11.1. The van der Waals surface area contributed by atoms with Crippen molar-refractivity contribution in [3.8, 4) is 0 Å². The summed E-state index contributed by atoms with van der Waals surface area (Å²) in [7, 11) is 0. The third-order valence-electron chi connectivity index (χ3n) is 4.59. The largest absolute Gasteiger partial charge is 0.325 e. The Bertz CT molecular complexity index is 1110. The van der Waals surface area contributed by atoms with Crippen LogP contribution in [0.4, 0.5) is 11.4 Å². The van der Waals surface area contributed by atoms with Crippen LogP contribution in [0, 0.1) is 0 Å². The SMILES string of the molecule is CC(=O)c1ccc(NC(=O)C(C)Sc2ccc(NC(=O)/C=C/c3ccccc3)cc2)cc1. The number of ketones is 1. The summed E-state index contributed by atoms with van der Waals surface area (Å²) >= 11 is 1.42. The number of hydrogen-bond acceptors (Lipinski definition) is 4. The van der Waals surface area contributed by atoms with Gasteiger partial charge in [-0.05, 0) is 74.0 Å². The Labute approximate surface area is 191 Å². The summed E-state index contributed by atoms with van der Waals surface area (Å²) < 4.78 is 0. The molecule has 32 heavy (non-hydrogen) atoms. The molecule has 0 fully saturated rings. The minimum absolute atomic E-state index is 0.0151. The number of amides is 2. The maximum absolute atomic E-state index is 12.5.